The number of hydrogen-bond donors (Lipinski definition) is 0. The maximum absolute atomic E-state index is 3.91. The van der Waals surface area contributed by atoms with E-state index in [1.807, 2.05) is 3.26 Å². The molecule has 2 atom stereocenters. The first-order valence-corrected chi connectivity index (χ1v) is 29.1. The van der Waals surface area contributed by atoms with Crippen LogP contribution in [0.3, 0.4) is 0 Å². The van der Waals surface area contributed by atoms with Crippen LogP contribution in [-0.2, 0) is 18.0 Å². The van der Waals surface area contributed by atoms with E-state index in [-0.39, 0.29) is 0 Å². The van der Waals surface area contributed by atoms with E-state index >= 15 is 0 Å². The predicted molar refractivity (Wildman–Crippen MR) is 181 cm³/mol. The average Bonchev–Trinajstić information content (AvgIpc) is 3.72. The van der Waals surface area contributed by atoms with Gasteiger partial charge in [0.1, 0.15) is 0 Å². The van der Waals surface area contributed by atoms with E-state index in [9.17, 15) is 0 Å². The Morgan fingerprint density at radius 1 is 0.548 bits per heavy atom. The number of rotatable bonds is 4. The Hall–Kier alpha value is -2.90. The van der Waals surface area contributed by atoms with Crippen LogP contribution in [0.1, 0.15) is 77.5 Å². The van der Waals surface area contributed by atoms with E-state index < -0.39 is 18.0 Å². The van der Waals surface area contributed by atoms with Crippen molar-refractivity contribution in [2.24, 2.45) is 0 Å². The van der Waals surface area contributed by atoms with Crippen molar-refractivity contribution in [1.29, 1.82) is 0 Å². The molecule has 7 rings (SSSR count). The van der Waals surface area contributed by atoms with Crippen LogP contribution < -0.4 is 0 Å². The fourth-order valence-electron chi connectivity index (χ4n) is 9.21. The molecule has 2 unspecified atom stereocenters. The maximum atomic E-state index is 2.83. The Labute approximate surface area is 253 Å². The van der Waals surface area contributed by atoms with E-state index in [2.05, 4.69) is 134 Å². The van der Waals surface area contributed by atoms with Crippen molar-refractivity contribution in [3.8, 4) is 22.3 Å². The van der Waals surface area contributed by atoms with Crippen molar-refractivity contribution in [2.75, 3.05) is 0 Å². The van der Waals surface area contributed by atoms with Gasteiger partial charge < -0.3 is 0 Å². The second kappa shape index (κ2) is 10.1. The molecular weight excluding hydrogens is 671 g/mol. The van der Waals surface area contributed by atoms with Crippen LogP contribution in [0.4, 0.5) is 0 Å². The Morgan fingerprint density at radius 3 is 1.36 bits per heavy atom. The molecule has 0 N–H and O–H groups in total. The molecule has 0 amide bonds. The van der Waals surface area contributed by atoms with Crippen LogP contribution in [0, 0.1) is 27.7 Å². The van der Waals surface area contributed by atoms with Crippen LogP contribution in [0.25, 0.3) is 34.4 Å². The fraction of sp³-hybridized carbons (Fsp3) is 0.293. The van der Waals surface area contributed by atoms with Crippen molar-refractivity contribution < 1.29 is 18.0 Å². The standard InChI is InChI=1S/2C17H15.C5H8.2CH3.Hf/c2*1-12-9-13(2)11-15(10-12)17-8-4-6-14-5-3-7-16(14)17;1-2-4-5-3-1;;;/h2*3-11H,1-2H3;1-4H2;2*1H3;. The molecule has 0 nitrogen and oxygen atoms in total. The number of hydrogen-bond acceptors (Lipinski definition) is 0. The third kappa shape index (κ3) is 4.29. The molecule has 0 aliphatic heterocycles. The van der Waals surface area contributed by atoms with Gasteiger partial charge in [0.2, 0.25) is 0 Å². The van der Waals surface area contributed by atoms with Crippen LogP contribution in [0.15, 0.2) is 84.9 Å². The Balaban J connectivity index is 1.41. The van der Waals surface area contributed by atoms with Gasteiger partial charge in [-0.3, -0.25) is 0 Å². The Morgan fingerprint density at radius 2 is 0.952 bits per heavy atom. The zero-order valence-corrected chi connectivity index (χ0v) is 29.8. The molecule has 1 heteroatoms. The zero-order valence-electron chi connectivity index (χ0n) is 26.2. The van der Waals surface area contributed by atoms with Crippen molar-refractivity contribution in [2.45, 2.75) is 70.1 Å². The fourth-order valence-corrected chi connectivity index (χ4v) is 34.3. The molecule has 1 saturated carbocycles. The Bertz CT molecular complexity index is 1710. The summed E-state index contributed by atoms with van der Waals surface area (Å²) >= 11 is -3.91. The molecule has 0 heterocycles. The normalized spacial score (nSPS) is 19.5. The molecule has 0 saturated heterocycles. The summed E-state index contributed by atoms with van der Waals surface area (Å²) in [5, 5.41) is 0. The molecule has 42 heavy (non-hydrogen) atoms. The molecular formula is C41H44Hf. The summed E-state index contributed by atoms with van der Waals surface area (Å²) in [6.07, 6.45) is 15.7. The summed E-state index contributed by atoms with van der Waals surface area (Å²) in [6.45, 7) is 8.89. The molecule has 1 fully saturated rings. The number of allylic oxidation sites excluding steroid dienone is 2. The van der Waals surface area contributed by atoms with Crippen molar-refractivity contribution in [1.82, 2.24) is 0 Å². The summed E-state index contributed by atoms with van der Waals surface area (Å²) in [7, 11) is 0. The van der Waals surface area contributed by atoms with Crippen molar-refractivity contribution >= 4 is 15.4 Å². The molecule has 4 aromatic carbocycles. The van der Waals surface area contributed by atoms with Crippen LogP contribution >= 0.6 is 0 Å². The topological polar surface area (TPSA) is 0 Å². The predicted octanol–water partition coefficient (Wildman–Crippen LogP) is 11.6. The van der Waals surface area contributed by atoms with E-state index in [4.69, 9.17) is 0 Å². The van der Waals surface area contributed by atoms with E-state index in [0.29, 0.717) is 7.35 Å². The second-order valence-corrected chi connectivity index (χ2v) is 40.2. The van der Waals surface area contributed by atoms with E-state index in [1.165, 1.54) is 81.3 Å². The molecule has 0 bridgehead atoms. The number of aryl methyl sites for hydroxylation is 4. The van der Waals surface area contributed by atoms with Gasteiger partial charge in [-0.15, -0.1) is 0 Å². The first-order valence-electron chi connectivity index (χ1n) is 16.0. The SMILES string of the molecule is Cc1cc(C)cc(-c2cccc3c2C=C[CH]3[Hf]([CH3])([CH3])(=[C]2CCCC2)[CH]2C=Cc3c(-c4cc(C)cc(C)c4)cccc32)c1. The van der Waals surface area contributed by atoms with Gasteiger partial charge in [-0.2, -0.15) is 0 Å². The van der Waals surface area contributed by atoms with Gasteiger partial charge in [0.25, 0.3) is 0 Å². The summed E-state index contributed by atoms with van der Waals surface area (Å²) in [5.74, 6) is 0. The van der Waals surface area contributed by atoms with Crippen molar-refractivity contribution in [3.63, 3.8) is 0 Å². The van der Waals surface area contributed by atoms with Gasteiger partial charge in [-0.1, -0.05) is 0 Å². The van der Waals surface area contributed by atoms with Gasteiger partial charge in [0, 0.05) is 0 Å². The third-order valence-electron chi connectivity index (χ3n) is 11.2. The molecule has 0 aromatic heterocycles. The van der Waals surface area contributed by atoms with E-state index in [1.54, 1.807) is 11.1 Å². The van der Waals surface area contributed by atoms with Crippen LogP contribution in [0.5, 0.6) is 0 Å². The van der Waals surface area contributed by atoms with Gasteiger partial charge >= 0.3 is 255 Å². The quantitative estimate of drug-likeness (QED) is 0.185. The van der Waals surface area contributed by atoms with Gasteiger partial charge in [-0.25, -0.2) is 0 Å². The minimum atomic E-state index is -3.91. The summed E-state index contributed by atoms with van der Waals surface area (Å²) in [5.41, 5.74) is 17.0. The average molecular weight is 715 g/mol. The monoisotopic (exact) mass is 716 g/mol. The first kappa shape index (κ1) is 27.9. The van der Waals surface area contributed by atoms with Gasteiger partial charge in [0.15, 0.2) is 0 Å². The molecule has 0 radical (unpaired) electrons. The molecule has 4 aromatic rings. The molecule has 212 valence electrons. The Kier molecular flexibility index (Phi) is 6.70. The van der Waals surface area contributed by atoms with Crippen LogP contribution in [-0.4, -0.2) is 3.26 Å². The van der Waals surface area contributed by atoms with Crippen LogP contribution in [0.2, 0.25) is 9.36 Å². The zero-order chi connectivity index (χ0) is 29.2. The van der Waals surface area contributed by atoms with Gasteiger partial charge in [0.05, 0.1) is 0 Å². The molecule has 3 aliphatic rings. The minimum absolute atomic E-state index is 0.529. The number of benzene rings is 4. The summed E-state index contributed by atoms with van der Waals surface area (Å²) in [6, 6.07) is 28.3. The third-order valence-corrected chi connectivity index (χ3v) is 38.3. The van der Waals surface area contributed by atoms with E-state index in [0.717, 1.165) is 0 Å². The summed E-state index contributed by atoms with van der Waals surface area (Å²) < 4.78 is 8.69. The number of fused-ring (bicyclic) bond motifs is 2. The summed E-state index contributed by atoms with van der Waals surface area (Å²) in [4.78, 5) is 0. The van der Waals surface area contributed by atoms with Crippen molar-refractivity contribution in [3.05, 3.63) is 129 Å². The molecule has 0 spiro atoms. The van der Waals surface area contributed by atoms with Gasteiger partial charge in [-0.05, 0) is 0 Å². The molecule has 3 aliphatic carbocycles. The first-order chi connectivity index (χ1) is 20.1. The second-order valence-electron chi connectivity index (χ2n) is 14.5.